The Hall–Kier alpha value is -2.65. The van der Waals surface area contributed by atoms with Crippen LogP contribution >= 0.6 is 0 Å². The van der Waals surface area contributed by atoms with E-state index in [0.29, 0.717) is 11.6 Å². The first-order valence-electron chi connectivity index (χ1n) is 7.21. The lowest BCUT2D eigenvalue weighted by Gasteiger charge is -2.21. The number of rotatable bonds is 3. The molecule has 3 rings (SSSR count). The van der Waals surface area contributed by atoms with Crippen molar-refractivity contribution in [3.8, 4) is 0 Å². The van der Waals surface area contributed by atoms with Crippen LogP contribution < -0.4 is 5.32 Å². The third kappa shape index (κ3) is 3.03. The summed E-state index contributed by atoms with van der Waals surface area (Å²) in [7, 11) is 0. The van der Waals surface area contributed by atoms with Crippen LogP contribution in [-0.2, 0) is 18.3 Å². The van der Waals surface area contributed by atoms with Gasteiger partial charge in [-0.15, -0.1) is 0 Å². The van der Waals surface area contributed by atoms with Crippen LogP contribution in [0.5, 0.6) is 0 Å². The molecule has 128 valence electrons. The highest BCUT2D eigenvalue weighted by Gasteiger charge is 2.34. The number of alkyl halides is 3. The van der Waals surface area contributed by atoms with Crippen molar-refractivity contribution in [3.05, 3.63) is 36.3 Å². The Balaban J connectivity index is 1.89. The van der Waals surface area contributed by atoms with E-state index < -0.39 is 11.9 Å². The Morgan fingerprint density at radius 2 is 1.92 bits per heavy atom. The average molecular weight is 339 g/mol. The van der Waals surface area contributed by atoms with Crippen LogP contribution in [0.3, 0.4) is 0 Å². The molecular formula is C14H16F3N7. The maximum absolute atomic E-state index is 12.8. The average Bonchev–Trinajstić information content (AvgIpc) is 3.10. The molecule has 3 heterocycles. The molecule has 0 unspecified atom stereocenters. The topological polar surface area (TPSA) is 72.9 Å². The van der Waals surface area contributed by atoms with Gasteiger partial charge in [0.2, 0.25) is 0 Å². The van der Waals surface area contributed by atoms with E-state index in [1.165, 1.54) is 18.7 Å². The van der Waals surface area contributed by atoms with Crippen LogP contribution in [0.25, 0.3) is 5.52 Å². The fraction of sp³-hybridized carbons (Fsp3) is 0.429. The minimum atomic E-state index is -4.50. The summed E-state index contributed by atoms with van der Waals surface area (Å²) in [6.45, 7) is 6.22. The number of aromatic nitrogens is 6. The first kappa shape index (κ1) is 16.2. The van der Waals surface area contributed by atoms with E-state index in [1.54, 1.807) is 4.68 Å². The smallest absolute Gasteiger partial charge is 0.361 e. The molecule has 1 N–H and O–H groups in total. The van der Waals surface area contributed by atoms with Crippen molar-refractivity contribution < 1.29 is 13.2 Å². The van der Waals surface area contributed by atoms with E-state index >= 15 is 0 Å². The van der Waals surface area contributed by atoms with Gasteiger partial charge in [-0.25, -0.2) is 19.2 Å². The standard InChI is InChI=1S/C14H16F3N7/c1-13(2,3)24-11(20-8-21-24)7-19-12-9-6-10(14(15,16)17)22-23(9)5-4-18-12/h4-6,8H,7H2,1-3H3,(H,18,19). The summed E-state index contributed by atoms with van der Waals surface area (Å²) in [5.41, 5.74) is -0.976. The molecule has 0 saturated carbocycles. The summed E-state index contributed by atoms with van der Waals surface area (Å²) >= 11 is 0. The molecule has 3 aromatic heterocycles. The molecule has 0 amide bonds. The highest BCUT2D eigenvalue weighted by molar-refractivity contribution is 5.67. The normalized spacial score (nSPS) is 12.8. The molecule has 24 heavy (non-hydrogen) atoms. The van der Waals surface area contributed by atoms with Crippen molar-refractivity contribution in [1.29, 1.82) is 0 Å². The number of nitrogens with one attached hydrogen (secondary N) is 1. The zero-order chi connectivity index (χ0) is 17.5. The molecule has 0 aliphatic rings. The highest BCUT2D eigenvalue weighted by atomic mass is 19.4. The Morgan fingerprint density at radius 3 is 2.58 bits per heavy atom. The first-order valence-corrected chi connectivity index (χ1v) is 7.21. The Labute approximate surface area is 135 Å². The summed E-state index contributed by atoms with van der Waals surface area (Å²) in [5.74, 6) is 0.950. The largest absolute Gasteiger partial charge is 0.435 e. The van der Waals surface area contributed by atoms with Gasteiger partial charge in [0.05, 0.1) is 12.1 Å². The minimum Gasteiger partial charge on any atom is -0.361 e. The van der Waals surface area contributed by atoms with Gasteiger partial charge < -0.3 is 5.32 Å². The van der Waals surface area contributed by atoms with Gasteiger partial charge in [-0.05, 0) is 20.8 Å². The van der Waals surface area contributed by atoms with Gasteiger partial charge in [0.25, 0.3) is 0 Å². The van der Waals surface area contributed by atoms with Crippen molar-refractivity contribution in [2.75, 3.05) is 5.32 Å². The quantitative estimate of drug-likeness (QED) is 0.794. The zero-order valence-electron chi connectivity index (χ0n) is 13.3. The maximum Gasteiger partial charge on any atom is 0.435 e. The predicted octanol–water partition coefficient (Wildman–Crippen LogP) is 2.71. The molecule has 0 atom stereocenters. The Kier molecular flexibility index (Phi) is 3.69. The van der Waals surface area contributed by atoms with Gasteiger partial charge in [0.15, 0.2) is 11.5 Å². The fourth-order valence-electron chi connectivity index (χ4n) is 2.31. The highest BCUT2D eigenvalue weighted by Crippen LogP contribution is 2.30. The van der Waals surface area contributed by atoms with Gasteiger partial charge in [0.1, 0.15) is 17.7 Å². The predicted molar refractivity (Wildman–Crippen MR) is 80.3 cm³/mol. The van der Waals surface area contributed by atoms with Crippen LogP contribution in [0.1, 0.15) is 32.3 Å². The molecule has 0 bridgehead atoms. The van der Waals surface area contributed by atoms with Crippen molar-refractivity contribution in [2.24, 2.45) is 0 Å². The monoisotopic (exact) mass is 339 g/mol. The number of hydrogen-bond acceptors (Lipinski definition) is 5. The lowest BCUT2D eigenvalue weighted by atomic mass is 10.1. The van der Waals surface area contributed by atoms with Crippen LogP contribution in [-0.4, -0.2) is 29.4 Å². The van der Waals surface area contributed by atoms with Crippen molar-refractivity contribution in [2.45, 2.75) is 39.0 Å². The van der Waals surface area contributed by atoms with Crippen LogP contribution in [0.4, 0.5) is 19.0 Å². The molecule has 0 aliphatic heterocycles. The molecule has 0 saturated heterocycles. The van der Waals surface area contributed by atoms with E-state index in [9.17, 15) is 13.2 Å². The molecule has 0 aliphatic carbocycles. The minimum absolute atomic E-state index is 0.242. The molecular weight excluding hydrogens is 323 g/mol. The van der Waals surface area contributed by atoms with Crippen LogP contribution in [0.2, 0.25) is 0 Å². The second-order valence-electron chi connectivity index (χ2n) is 6.25. The summed E-state index contributed by atoms with van der Waals surface area (Å²) in [5, 5.41) is 10.7. The third-order valence-corrected chi connectivity index (χ3v) is 3.35. The number of anilines is 1. The van der Waals surface area contributed by atoms with E-state index in [1.807, 2.05) is 20.8 Å². The Bertz CT molecular complexity index is 857. The molecule has 10 heteroatoms. The second-order valence-corrected chi connectivity index (χ2v) is 6.25. The van der Waals surface area contributed by atoms with Gasteiger partial charge in [-0.1, -0.05) is 0 Å². The van der Waals surface area contributed by atoms with Crippen molar-refractivity contribution >= 4 is 11.3 Å². The van der Waals surface area contributed by atoms with Gasteiger partial charge in [-0.2, -0.15) is 23.4 Å². The van der Waals surface area contributed by atoms with Crippen molar-refractivity contribution in [1.82, 2.24) is 29.4 Å². The molecule has 0 radical (unpaired) electrons. The zero-order valence-corrected chi connectivity index (χ0v) is 13.3. The summed E-state index contributed by atoms with van der Waals surface area (Å²) < 4.78 is 41.3. The van der Waals surface area contributed by atoms with E-state index in [0.717, 1.165) is 10.6 Å². The van der Waals surface area contributed by atoms with Crippen LogP contribution in [0, 0.1) is 0 Å². The lowest BCUT2D eigenvalue weighted by Crippen LogP contribution is -2.26. The Morgan fingerprint density at radius 1 is 1.17 bits per heavy atom. The van der Waals surface area contributed by atoms with Crippen molar-refractivity contribution in [3.63, 3.8) is 0 Å². The van der Waals surface area contributed by atoms with E-state index in [4.69, 9.17) is 0 Å². The number of nitrogens with zero attached hydrogens (tertiary/aromatic N) is 6. The SMILES string of the molecule is CC(C)(C)n1ncnc1CNc1nccn2nc(C(F)(F)F)cc12. The van der Waals surface area contributed by atoms with Crippen LogP contribution in [0.15, 0.2) is 24.8 Å². The summed E-state index contributed by atoms with van der Waals surface area (Å²) in [4.78, 5) is 8.28. The van der Waals surface area contributed by atoms with E-state index in [-0.39, 0.29) is 17.6 Å². The number of halogens is 3. The van der Waals surface area contributed by atoms with E-state index in [2.05, 4.69) is 25.5 Å². The molecule has 3 aromatic rings. The number of hydrogen-bond donors (Lipinski definition) is 1. The third-order valence-electron chi connectivity index (χ3n) is 3.35. The van der Waals surface area contributed by atoms with Gasteiger partial charge >= 0.3 is 6.18 Å². The molecule has 0 fully saturated rings. The second kappa shape index (κ2) is 5.46. The van der Waals surface area contributed by atoms with Gasteiger partial charge in [-0.3, -0.25) is 0 Å². The molecule has 7 nitrogen and oxygen atoms in total. The summed E-state index contributed by atoms with van der Waals surface area (Å²) in [6.07, 6.45) is -0.309. The summed E-state index contributed by atoms with van der Waals surface area (Å²) in [6, 6.07) is 0.962. The molecule has 0 spiro atoms. The first-order chi connectivity index (χ1) is 11.2. The lowest BCUT2D eigenvalue weighted by molar-refractivity contribution is -0.141. The maximum atomic E-state index is 12.8. The molecule has 0 aromatic carbocycles. The van der Waals surface area contributed by atoms with Gasteiger partial charge in [0, 0.05) is 18.5 Å². The fourth-order valence-corrected chi connectivity index (χ4v) is 2.31. The number of fused-ring (bicyclic) bond motifs is 1.